The first-order chi connectivity index (χ1) is 15.4. The van der Waals surface area contributed by atoms with Gasteiger partial charge >= 0.3 is 0 Å². The summed E-state index contributed by atoms with van der Waals surface area (Å²) < 4.78 is 35.0. The molecule has 0 spiro atoms. The second kappa shape index (κ2) is 9.03. The first kappa shape index (κ1) is 21.9. The highest BCUT2D eigenvalue weighted by Crippen LogP contribution is 2.35. The minimum atomic E-state index is -0.756. The van der Waals surface area contributed by atoms with E-state index in [4.69, 9.17) is 4.74 Å². The van der Waals surface area contributed by atoms with E-state index in [1.807, 2.05) is 11.8 Å². The fraction of sp³-hybridized carbons (Fsp3) is 0.429. The zero-order chi connectivity index (χ0) is 22.8. The molecule has 170 valence electrons. The largest absolute Gasteiger partial charge is 0.478 e. The van der Waals surface area contributed by atoms with Crippen LogP contribution < -0.4 is 20.3 Å². The molecule has 0 unspecified atom stereocenters. The number of ether oxygens (including phenoxy) is 1. The van der Waals surface area contributed by atoms with Crippen molar-refractivity contribution in [2.45, 2.75) is 26.0 Å². The number of hydrogen-bond donors (Lipinski definition) is 2. The molecule has 3 heterocycles. The predicted molar refractivity (Wildman–Crippen MR) is 113 cm³/mol. The fourth-order valence-electron chi connectivity index (χ4n) is 3.79. The normalized spacial score (nSPS) is 18.6. The second-order valence-corrected chi connectivity index (χ2v) is 7.63. The predicted octanol–water partition coefficient (Wildman–Crippen LogP) is 1.55. The van der Waals surface area contributed by atoms with Gasteiger partial charge < -0.3 is 20.3 Å². The summed E-state index contributed by atoms with van der Waals surface area (Å²) in [5.74, 6) is -2.06. The van der Waals surface area contributed by atoms with Crippen molar-refractivity contribution < 1.29 is 23.1 Å². The van der Waals surface area contributed by atoms with Gasteiger partial charge in [0.05, 0.1) is 6.20 Å². The lowest BCUT2D eigenvalue weighted by atomic mass is 10.1. The van der Waals surface area contributed by atoms with E-state index in [-0.39, 0.29) is 23.1 Å². The molecule has 1 aromatic heterocycles. The molecule has 2 aliphatic heterocycles. The number of amides is 2. The average Bonchev–Trinajstić information content (AvgIpc) is 2.81. The molecular formula is C21H24F2N6O3. The van der Waals surface area contributed by atoms with Crippen molar-refractivity contribution in [2.24, 2.45) is 0 Å². The molecule has 2 N–H and O–H groups in total. The molecule has 1 atom stereocenters. The number of piperazine rings is 1. The molecule has 1 aromatic carbocycles. The van der Waals surface area contributed by atoms with E-state index in [0.29, 0.717) is 50.5 Å². The van der Waals surface area contributed by atoms with Gasteiger partial charge in [0.2, 0.25) is 11.8 Å². The first-order valence-corrected chi connectivity index (χ1v) is 10.4. The number of aromatic nitrogens is 2. The Balaban J connectivity index is 1.40. The van der Waals surface area contributed by atoms with Crippen LogP contribution in [0.3, 0.4) is 0 Å². The maximum absolute atomic E-state index is 15.0. The van der Waals surface area contributed by atoms with Gasteiger partial charge in [0, 0.05) is 45.3 Å². The fourth-order valence-corrected chi connectivity index (χ4v) is 3.79. The van der Waals surface area contributed by atoms with Crippen molar-refractivity contribution in [2.75, 3.05) is 43.4 Å². The van der Waals surface area contributed by atoms with E-state index < -0.39 is 23.8 Å². The van der Waals surface area contributed by atoms with Gasteiger partial charge in [-0.25, -0.2) is 9.37 Å². The van der Waals surface area contributed by atoms with E-state index in [1.165, 1.54) is 13.2 Å². The number of nitrogens with one attached hydrogen (secondary N) is 2. The highest BCUT2D eigenvalue weighted by atomic mass is 19.1. The Labute approximate surface area is 183 Å². The van der Waals surface area contributed by atoms with Gasteiger partial charge in [-0.2, -0.15) is 9.37 Å². The number of nitrogens with zero attached hydrogens (tertiary/aromatic N) is 4. The average molecular weight is 446 g/mol. The number of rotatable bonds is 5. The Bertz CT molecular complexity index is 1040. The molecular weight excluding hydrogens is 422 g/mol. The molecule has 4 rings (SSSR count). The van der Waals surface area contributed by atoms with Crippen LogP contribution in [-0.2, 0) is 11.3 Å². The molecule has 11 heteroatoms. The van der Waals surface area contributed by atoms with Gasteiger partial charge in [0.15, 0.2) is 11.9 Å². The molecule has 2 aromatic rings. The van der Waals surface area contributed by atoms with E-state index in [2.05, 4.69) is 20.6 Å². The lowest BCUT2D eigenvalue weighted by Gasteiger charge is -2.36. The Morgan fingerprint density at radius 1 is 1.28 bits per heavy atom. The summed E-state index contributed by atoms with van der Waals surface area (Å²) in [5, 5.41) is 4.96. The third-order valence-electron chi connectivity index (χ3n) is 5.63. The van der Waals surface area contributed by atoms with Crippen molar-refractivity contribution in [1.82, 2.24) is 20.2 Å². The molecule has 0 aliphatic carbocycles. The van der Waals surface area contributed by atoms with Gasteiger partial charge in [0.1, 0.15) is 17.1 Å². The van der Waals surface area contributed by atoms with Crippen LogP contribution in [-0.4, -0.2) is 66.0 Å². The Morgan fingerprint density at radius 3 is 2.69 bits per heavy atom. The van der Waals surface area contributed by atoms with Gasteiger partial charge in [-0.05, 0) is 12.5 Å². The van der Waals surface area contributed by atoms with Crippen LogP contribution in [0.4, 0.5) is 20.2 Å². The SMILES string of the molecule is CC[C@H]1Oc2ccc(CN3CCN(c4cnc(C(=O)NC)nc4F)CC3)c(F)c2NC1=O. The highest BCUT2D eigenvalue weighted by molar-refractivity contribution is 5.98. The topological polar surface area (TPSA) is 99.7 Å². The Kier molecular flexibility index (Phi) is 6.17. The number of carbonyl (C=O) groups excluding carboxylic acids is 2. The molecule has 1 fully saturated rings. The highest BCUT2D eigenvalue weighted by Gasteiger charge is 2.30. The quantitative estimate of drug-likeness (QED) is 0.673. The maximum atomic E-state index is 15.0. The van der Waals surface area contributed by atoms with Crippen LogP contribution in [0.1, 0.15) is 29.5 Å². The summed E-state index contributed by atoms with van der Waals surface area (Å²) in [5.41, 5.74) is 0.745. The number of anilines is 2. The number of halogens is 2. The van der Waals surface area contributed by atoms with E-state index in [0.717, 1.165) is 0 Å². The number of hydrogen-bond acceptors (Lipinski definition) is 7. The number of carbonyl (C=O) groups is 2. The molecule has 32 heavy (non-hydrogen) atoms. The third-order valence-corrected chi connectivity index (χ3v) is 5.63. The molecule has 9 nitrogen and oxygen atoms in total. The van der Waals surface area contributed by atoms with E-state index in [1.54, 1.807) is 17.0 Å². The lowest BCUT2D eigenvalue weighted by molar-refractivity contribution is -0.123. The van der Waals surface area contributed by atoms with Crippen molar-refractivity contribution >= 4 is 23.2 Å². The third kappa shape index (κ3) is 4.20. The van der Waals surface area contributed by atoms with Crippen LogP contribution in [0, 0.1) is 11.8 Å². The first-order valence-electron chi connectivity index (χ1n) is 10.4. The van der Waals surface area contributed by atoms with Gasteiger partial charge in [-0.15, -0.1) is 0 Å². The molecule has 0 radical (unpaired) electrons. The monoisotopic (exact) mass is 446 g/mol. The second-order valence-electron chi connectivity index (χ2n) is 7.63. The van der Waals surface area contributed by atoms with Crippen LogP contribution in [0.15, 0.2) is 18.3 Å². The molecule has 0 saturated carbocycles. The summed E-state index contributed by atoms with van der Waals surface area (Å²) >= 11 is 0. The number of benzene rings is 1. The molecule has 1 saturated heterocycles. The Morgan fingerprint density at radius 2 is 2.03 bits per heavy atom. The van der Waals surface area contributed by atoms with Gasteiger partial charge in [-0.3, -0.25) is 14.5 Å². The smallest absolute Gasteiger partial charge is 0.288 e. The van der Waals surface area contributed by atoms with Gasteiger partial charge in [-0.1, -0.05) is 13.0 Å². The summed E-state index contributed by atoms with van der Waals surface area (Å²) in [4.78, 5) is 35.0. The van der Waals surface area contributed by atoms with Crippen molar-refractivity contribution in [3.8, 4) is 5.75 Å². The molecule has 2 amide bonds. The summed E-state index contributed by atoms with van der Waals surface area (Å²) in [6, 6.07) is 3.34. The maximum Gasteiger partial charge on any atom is 0.288 e. The van der Waals surface area contributed by atoms with Crippen LogP contribution in [0.25, 0.3) is 0 Å². The van der Waals surface area contributed by atoms with E-state index in [9.17, 15) is 14.0 Å². The minimum absolute atomic E-state index is 0.0752. The number of fused-ring (bicyclic) bond motifs is 1. The zero-order valence-electron chi connectivity index (χ0n) is 17.8. The standard InChI is InChI=1S/C21H24F2N6O3/c1-3-14-20(30)26-17-15(32-14)5-4-12(16(17)22)11-28-6-8-29(9-7-28)13-10-25-19(21(31)24-2)27-18(13)23/h4-5,10,14H,3,6-9,11H2,1-2H3,(H,24,31)(H,26,30)/t14-/m1/s1. The molecule has 2 aliphatic rings. The summed E-state index contributed by atoms with van der Waals surface area (Å²) in [6.07, 6.45) is 1.19. The molecule has 0 bridgehead atoms. The van der Waals surface area contributed by atoms with E-state index >= 15 is 4.39 Å². The van der Waals surface area contributed by atoms with Crippen molar-refractivity contribution in [3.63, 3.8) is 0 Å². The zero-order valence-corrected chi connectivity index (χ0v) is 17.8. The van der Waals surface area contributed by atoms with Gasteiger partial charge in [0.25, 0.3) is 11.8 Å². The lowest BCUT2D eigenvalue weighted by Crippen LogP contribution is -2.46. The summed E-state index contributed by atoms with van der Waals surface area (Å²) in [7, 11) is 1.42. The Hall–Kier alpha value is -3.34. The van der Waals surface area contributed by atoms with Crippen molar-refractivity contribution in [3.05, 3.63) is 41.5 Å². The minimum Gasteiger partial charge on any atom is -0.478 e. The van der Waals surface area contributed by atoms with Crippen molar-refractivity contribution in [1.29, 1.82) is 0 Å². The van der Waals surface area contributed by atoms with Crippen LogP contribution in [0.2, 0.25) is 0 Å². The van der Waals surface area contributed by atoms with Crippen LogP contribution in [0.5, 0.6) is 5.75 Å². The summed E-state index contributed by atoms with van der Waals surface area (Å²) in [6.45, 7) is 4.28. The van der Waals surface area contributed by atoms with Crippen LogP contribution >= 0.6 is 0 Å².